The number of hydrogen-bond acceptors (Lipinski definition) is 6. The van der Waals surface area contributed by atoms with E-state index in [0.29, 0.717) is 13.0 Å². The van der Waals surface area contributed by atoms with Crippen LogP contribution in [0.2, 0.25) is 0 Å². The van der Waals surface area contributed by atoms with E-state index in [-0.39, 0.29) is 19.1 Å². The summed E-state index contributed by atoms with van der Waals surface area (Å²) in [5, 5.41) is 4.16. The van der Waals surface area contributed by atoms with Crippen molar-refractivity contribution < 1.29 is 23.9 Å². The number of esters is 2. The van der Waals surface area contributed by atoms with Crippen molar-refractivity contribution in [1.82, 2.24) is 0 Å². The summed E-state index contributed by atoms with van der Waals surface area (Å²) in [6, 6.07) is 7.77. The van der Waals surface area contributed by atoms with E-state index in [1.54, 1.807) is 13.8 Å². The van der Waals surface area contributed by atoms with Gasteiger partial charge in [-0.15, -0.1) is 0 Å². The average Bonchev–Trinajstić information content (AvgIpc) is 3.15. The number of hydrogen-bond donors (Lipinski definition) is 0. The fourth-order valence-corrected chi connectivity index (χ4v) is 3.79. The summed E-state index contributed by atoms with van der Waals surface area (Å²) >= 11 is 0. The molecule has 1 aliphatic heterocycles. The largest absolute Gasteiger partial charge is 0.465 e. The van der Waals surface area contributed by atoms with Gasteiger partial charge in [0.05, 0.1) is 24.8 Å². The van der Waals surface area contributed by atoms with Crippen molar-refractivity contribution in [1.29, 1.82) is 0 Å². The predicted molar refractivity (Wildman–Crippen MR) is 91.1 cm³/mol. The Morgan fingerprint density at radius 1 is 1.16 bits per heavy atom. The molecule has 0 aromatic heterocycles. The third kappa shape index (κ3) is 2.79. The summed E-state index contributed by atoms with van der Waals surface area (Å²) in [5.74, 6) is -1.70. The first kappa shape index (κ1) is 17.5. The van der Waals surface area contributed by atoms with Crippen LogP contribution in [0.4, 0.5) is 0 Å². The van der Waals surface area contributed by atoms with Crippen LogP contribution < -0.4 is 0 Å². The first-order chi connectivity index (χ1) is 12.0. The van der Waals surface area contributed by atoms with E-state index in [9.17, 15) is 9.59 Å². The third-order valence-corrected chi connectivity index (χ3v) is 4.91. The minimum absolute atomic E-state index is 0.0832. The molecule has 0 radical (unpaired) electrons. The number of rotatable bonds is 5. The smallest absolute Gasteiger partial charge is 0.324 e. The molecule has 2 aliphatic rings. The lowest BCUT2D eigenvalue weighted by Gasteiger charge is -2.31. The predicted octanol–water partition coefficient (Wildman–Crippen LogP) is 2.60. The third-order valence-electron chi connectivity index (χ3n) is 4.91. The van der Waals surface area contributed by atoms with Crippen LogP contribution in [-0.2, 0) is 23.9 Å². The molecule has 1 saturated carbocycles. The Kier molecular flexibility index (Phi) is 4.79. The average molecular weight is 345 g/mol. The fourth-order valence-electron chi connectivity index (χ4n) is 3.79. The van der Waals surface area contributed by atoms with E-state index in [4.69, 9.17) is 14.3 Å². The molecule has 1 aromatic carbocycles. The first-order valence-corrected chi connectivity index (χ1v) is 8.65. The molecule has 3 rings (SSSR count). The zero-order valence-electron chi connectivity index (χ0n) is 14.8. The molecule has 0 bridgehead atoms. The lowest BCUT2D eigenvalue weighted by Crippen LogP contribution is -2.45. The number of carbonyl (C=O) groups excluding carboxylic acids is 2. The van der Waals surface area contributed by atoms with E-state index in [2.05, 4.69) is 5.16 Å². The van der Waals surface area contributed by atoms with Crippen LogP contribution in [0.25, 0.3) is 0 Å². The summed E-state index contributed by atoms with van der Waals surface area (Å²) in [6.07, 6.45) is 0.294. The number of carbonyl (C=O) groups is 2. The standard InChI is InChI=1S/C19H23NO5/c1-4-23-17(21)19(18(22)24-5-2)10-14-11-25-20-16(14)15(19)13-8-6-12(3)7-9-13/h6-9,14-15H,4-5,10-11H2,1-3H3/t14-,15+/m1/s1. The second-order valence-corrected chi connectivity index (χ2v) is 6.47. The number of fused-ring (bicyclic) bond motifs is 1. The van der Waals surface area contributed by atoms with Crippen molar-refractivity contribution >= 4 is 17.7 Å². The van der Waals surface area contributed by atoms with Crippen molar-refractivity contribution in [2.45, 2.75) is 33.1 Å². The monoisotopic (exact) mass is 345 g/mol. The second kappa shape index (κ2) is 6.86. The number of benzene rings is 1. The van der Waals surface area contributed by atoms with Crippen LogP contribution in [0.3, 0.4) is 0 Å². The lowest BCUT2D eigenvalue weighted by atomic mass is 9.73. The molecule has 6 nitrogen and oxygen atoms in total. The van der Waals surface area contributed by atoms with Gasteiger partial charge in [-0.1, -0.05) is 35.0 Å². The molecule has 6 heteroatoms. The zero-order chi connectivity index (χ0) is 18.0. The highest BCUT2D eigenvalue weighted by Gasteiger charge is 2.65. The Hall–Kier alpha value is -2.37. The van der Waals surface area contributed by atoms with E-state index < -0.39 is 23.3 Å². The maximum atomic E-state index is 12.9. The van der Waals surface area contributed by atoms with Crippen molar-refractivity contribution in [2.24, 2.45) is 16.5 Å². The highest BCUT2D eigenvalue weighted by molar-refractivity contribution is 6.12. The molecular formula is C19H23NO5. The summed E-state index contributed by atoms with van der Waals surface area (Å²) in [4.78, 5) is 31.1. The molecule has 0 saturated heterocycles. The molecule has 134 valence electrons. The van der Waals surface area contributed by atoms with Crippen LogP contribution in [0.5, 0.6) is 0 Å². The summed E-state index contributed by atoms with van der Waals surface area (Å²) in [6.45, 7) is 6.23. The summed E-state index contributed by atoms with van der Waals surface area (Å²) in [5.41, 5.74) is 1.26. The molecule has 0 spiro atoms. The molecule has 1 fully saturated rings. The number of ether oxygens (including phenoxy) is 2. The van der Waals surface area contributed by atoms with Gasteiger partial charge in [0, 0.05) is 5.92 Å². The van der Waals surface area contributed by atoms with Gasteiger partial charge in [0.25, 0.3) is 0 Å². The first-order valence-electron chi connectivity index (χ1n) is 8.65. The maximum absolute atomic E-state index is 12.9. The van der Waals surface area contributed by atoms with Gasteiger partial charge in [0.15, 0.2) is 5.41 Å². The molecule has 25 heavy (non-hydrogen) atoms. The van der Waals surface area contributed by atoms with E-state index in [0.717, 1.165) is 16.8 Å². The Morgan fingerprint density at radius 2 is 1.76 bits per heavy atom. The van der Waals surface area contributed by atoms with Crippen molar-refractivity contribution in [3.05, 3.63) is 35.4 Å². The number of oxime groups is 1. The van der Waals surface area contributed by atoms with Crippen LogP contribution in [0.1, 0.15) is 37.3 Å². The van der Waals surface area contributed by atoms with Crippen LogP contribution in [-0.4, -0.2) is 37.5 Å². The lowest BCUT2D eigenvalue weighted by molar-refractivity contribution is -0.173. The normalized spacial score (nSPS) is 23.4. The van der Waals surface area contributed by atoms with E-state index in [1.165, 1.54) is 0 Å². The van der Waals surface area contributed by atoms with Crippen LogP contribution in [0, 0.1) is 18.3 Å². The van der Waals surface area contributed by atoms with Gasteiger partial charge in [-0.05, 0) is 32.8 Å². The van der Waals surface area contributed by atoms with Gasteiger partial charge in [0.2, 0.25) is 0 Å². The van der Waals surface area contributed by atoms with Gasteiger partial charge >= 0.3 is 11.9 Å². The SMILES string of the molecule is CCOC(=O)C1(C(=O)OCC)C[C@@H]2CON=C2[C@@H]1c1ccc(C)cc1. The summed E-state index contributed by atoms with van der Waals surface area (Å²) in [7, 11) is 0. The maximum Gasteiger partial charge on any atom is 0.324 e. The van der Waals surface area contributed by atoms with E-state index >= 15 is 0 Å². The summed E-state index contributed by atoms with van der Waals surface area (Å²) < 4.78 is 10.6. The molecular weight excluding hydrogens is 322 g/mol. The molecule has 1 aliphatic carbocycles. The molecule has 2 atom stereocenters. The minimum Gasteiger partial charge on any atom is -0.465 e. The fraction of sp³-hybridized carbons (Fsp3) is 0.526. The number of nitrogens with zero attached hydrogens (tertiary/aromatic N) is 1. The van der Waals surface area contributed by atoms with Crippen molar-refractivity contribution in [3.8, 4) is 0 Å². The van der Waals surface area contributed by atoms with Crippen LogP contribution in [0.15, 0.2) is 29.4 Å². The van der Waals surface area contributed by atoms with Gasteiger partial charge in [0.1, 0.15) is 6.61 Å². The van der Waals surface area contributed by atoms with Gasteiger partial charge < -0.3 is 14.3 Å². The Bertz CT molecular complexity index is 676. The molecule has 0 unspecified atom stereocenters. The Balaban J connectivity index is 2.14. The van der Waals surface area contributed by atoms with Crippen molar-refractivity contribution in [2.75, 3.05) is 19.8 Å². The highest BCUT2D eigenvalue weighted by atomic mass is 16.6. The minimum atomic E-state index is -1.41. The Morgan fingerprint density at radius 3 is 2.32 bits per heavy atom. The highest BCUT2D eigenvalue weighted by Crippen LogP contribution is 2.53. The zero-order valence-corrected chi connectivity index (χ0v) is 14.8. The molecule has 1 heterocycles. The molecule has 1 aromatic rings. The van der Waals surface area contributed by atoms with Crippen molar-refractivity contribution in [3.63, 3.8) is 0 Å². The van der Waals surface area contributed by atoms with Gasteiger partial charge in [-0.3, -0.25) is 9.59 Å². The molecule has 0 N–H and O–H groups in total. The van der Waals surface area contributed by atoms with Crippen LogP contribution >= 0.6 is 0 Å². The van der Waals surface area contributed by atoms with Gasteiger partial charge in [-0.2, -0.15) is 0 Å². The Labute approximate surface area is 147 Å². The topological polar surface area (TPSA) is 74.2 Å². The van der Waals surface area contributed by atoms with Gasteiger partial charge in [-0.25, -0.2) is 0 Å². The van der Waals surface area contributed by atoms with E-state index in [1.807, 2.05) is 31.2 Å². The quantitative estimate of drug-likeness (QED) is 0.606. The molecule has 0 amide bonds. The second-order valence-electron chi connectivity index (χ2n) is 6.47. The number of aryl methyl sites for hydroxylation is 1.